The molecule has 0 spiro atoms. The van der Waals surface area contributed by atoms with Gasteiger partial charge in [0, 0.05) is 18.8 Å². The number of nitrogen functional groups attached to an aromatic ring is 1. The maximum atomic E-state index is 5.85. The van der Waals surface area contributed by atoms with Crippen molar-refractivity contribution >= 4 is 65.6 Å². The van der Waals surface area contributed by atoms with Gasteiger partial charge in [-0.2, -0.15) is 0 Å². The molecule has 2 N–H and O–H groups in total. The second-order valence-electron chi connectivity index (χ2n) is 2.46. The van der Waals surface area contributed by atoms with Gasteiger partial charge in [-0.3, -0.25) is 0 Å². The van der Waals surface area contributed by atoms with Crippen molar-refractivity contribution in [1.82, 2.24) is 0 Å². The topological polar surface area (TPSA) is 26.0 Å². The van der Waals surface area contributed by atoms with E-state index in [2.05, 4.69) is 50.0 Å². The molecule has 0 atom stereocenters. The number of hydrogen-bond donors (Lipinski definition) is 1. The summed E-state index contributed by atoms with van der Waals surface area (Å²) >= 11 is 7.44. The first-order chi connectivity index (χ1) is 5.68. The molecule has 0 fully saturated rings. The quantitative estimate of drug-likeness (QED) is 0.565. The van der Waals surface area contributed by atoms with Gasteiger partial charge in [0.1, 0.15) is 0 Å². The summed E-state index contributed by atoms with van der Waals surface area (Å²) < 4.78 is 3.49. The highest BCUT2D eigenvalue weighted by atomic mass is 127. The number of hydrogen-bond acceptors (Lipinski definition) is 2. The third-order valence-electron chi connectivity index (χ3n) is 1.62. The minimum absolute atomic E-state index is 0.854. The number of halogens is 2. The zero-order valence-electron chi connectivity index (χ0n) is 5.97. The van der Waals surface area contributed by atoms with Crippen LogP contribution in [0.25, 0.3) is 10.1 Å². The zero-order valence-corrected chi connectivity index (χ0v) is 10.5. The average molecular weight is 354 g/mol. The first kappa shape index (κ1) is 8.77. The fraction of sp³-hybridized carbons (Fsp3) is 0. The SMILES string of the molecule is Nc1cc(Br)cc2c(I)csc12. The molecule has 4 heteroatoms. The van der Waals surface area contributed by atoms with Crippen LogP contribution in [0, 0.1) is 3.57 Å². The standard InChI is InChI=1S/C8H5BrINS/c9-4-1-5-6(10)3-12-8(5)7(11)2-4/h1-3H,11H2. The van der Waals surface area contributed by atoms with Gasteiger partial charge in [0.05, 0.1) is 10.4 Å². The lowest BCUT2D eigenvalue weighted by molar-refractivity contribution is 1.73. The molecule has 1 aromatic carbocycles. The van der Waals surface area contributed by atoms with Gasteiger partial charge in [-0.25, -0.2) is 0 Å². The van der Waals surface area contributed by atoms with Crippen LogP contribution in [0.15, 0.2) is 22.0 Å². The smallest absolute Gasteiger partial charge is 0.0584 e. The Balaban J connectivity index is 2.92. The van der Waals surface area contributed by atoms with E-state index < -0.39 is 0 Å². The van der Waals surface area contributed by atoms with Gasteiger partial charge >= 0.3 is 0 Å². The highest BCUT2D eigenvalue weighted by Gasteiger charge is 2.04. The summed E-state index contributed by atoms with van der Waals surface area (Å²) in [6.45, 7) is 0. The highest BCUT2D eigenvalue weighted by molar-refractivity contribution is 14.1. The molecule has 0 saturated carbocycles. The lowest BCUT2D eigenvalue weighted by Crippen LogP contribution is -1.84. The van der Waals surface area contributed by atoms with Gasteiger partial charge in [-0.1, -0.05) is 15.9 Å². The molecule has 62 valence electrons. The summed E-state index contributed by atoms with van der Waals surface area (Å²) in [6, 6.07) is 4.04. The number of rotatable bonds is 0. The molecule has 2 rings (SSSR count). The second kappa shape index (κ2) is 3.16. The molecule has 0 unspecified atom stereocenters. The van der Waals surface area contributed by atoms with E-state index in [9.17, 15) is 0 Å². The Morgan fingerprint density at radius 2 is 2.17 bits per heavy atom. The summed E-state index contributed by atoms with van der Waals surface area (Å²) in [4.78, 5) is 0. The van der Waals surface area contributed by atoms with Gasteiger partial charge in [0.2, 0.25) is 0 Å². The lowest BCUT2D eigenvalue weighted by Gasteiger charge is -1.97. The molecular formula is C8H5BrINS. The Bertz CT molecular complexity index is 438. The largest absolute Gasteiger partial charge is 0.398 e. The van der Waals surface area contributed by atoms with Crippen LogP contribution in [0.5, 0.6) is 0 Å². The van der Waals surface area contributed by atoms with Gasteiger partial charge < -0.3 is 5.73 Å². The minimum atomic E-state index is 0.854. The maximum Gasteiger partial charge on any atom is 0.0584 e. The van der Waals surface area contributed by atoms with E-state index in [0.717, 1.165) is 10.2 Å². The summed E-state index contributed by atoms with van der Waals surface area (Å²) in [5.74, 6) is 0. The molecule has 12 heavy (non-hydrogen) atoms. The Morgan fingerprint density at radius 3 is 2.92 bits per heavy atom. The lowest BCUT2D eigenvalue weighted by atomic mass is 10.2. The van der Waals surface area contributed by atoms with Crippen LogP contribution in [-0.2, 0) is 0 Å². The molecule has 1 nitrogen and oxygen atoms in total. The van der Waals surface area contributed by atoms with Crippen molar-refractivity contribution < 1.29 is 0 Å². The molecule has 2 aromatic rings. The molecule has 0 saturated heterocycles. The minimum Gasteiger partial charge on any atom is -0.398 e. The summed E-state index contributed by atoms with van der Waals surface area (Å²) in [6.07, 6.45) is 0. The summed E-state index contributed by atoms with van der Waals surface area (Å²) in [5, 5.41) is 3.36. The Morgan fingerprint density at radius 1 is 1.42 bits per heavy atom. The highest BCUT2D eigenvalue weighted by Crippen LogP contribution is 2.34. The maximum absolute atomic E-state index is 5.85. The number of thiophene rings is 1. The molecule has 0 bridgehead atoms. The van der Waals surface area contributed by atoms with Crippen LogP contribution in [0.3, 0.4) is 0 Å². The van der Waals surface area contributed by atoms with Crippen LogP contribution in [0.4, 0.5) is 5.69 Å². The van der Waals surface area contributed by atoms with E-state index in [4.69, 9.17) is 5.73 Å². The van der Waals surface area contributed by atoms with Crippen molar-refractivity contribution in [2.24, 2.45) is 0 Å². The molecule has 1 aromatic heterocycles. The Labute approximate surface area is 96.2 Å². The van der Waals surface area contributed by atoms with E-state index >= 15 is 0 Å². The first-order valence-corrected chi connectivity index (χ1v) is 6.05. The third kappa shape index (κ3) is 1.36. The van der Waals surface area contributed by atoms with E-state index in [0.29, 0.717) is 0 Å². The molecule has 1 heterocycles. The van der Waals surface area contributed by atoms with Crippen LogP contribution in [0.2, 0.25) is 0 Å². The zero-order chi connectivity index (χ0) is 8.72. The van der Waals surface area contributed by atoms with Gasteiger partial charge in [-0.05, 0) is 34.7 Å². The Hall–Kier alpha value is 0.190. The fourth-order valence-electron chi connectivity index (χ4n) is 1.10. The van der Waals surface area contributed by atoms with Crippen molar-refractivity contribution in [2.75, 3.05) is 5.73 Å². The van der Waals surface area contributed by atoms with E-state index in [1.54, 1.807) is 11.3 Å². The fourth-order valence-corrected chi connectivity index (χ4v) is 3.40. The van der Waals surface area contributed by atoms with Crippen molar-refractivity contribution in [2.45, 2.75) is 0 Å². The molecule has 0 aliphatic heterocycles. The molecule has 0 aliphatic rings. The van der Waals surface area contributed by atoms with E-state index in [-0.39, 0.29) is 0 Å². The average Bonchev–Trinajstić information content (AvgIpc) is 2.33. The first-order valence-electron chi connectivity index (χ1n) is 3.30. The van der Waals surface area contributed by atoms with Crippen LogP contribution >= 0.6 is 49.9 Å². The predicted octanol–water partition coefficient (Wildman–Crippen LogP) is 3.85. The second-order valence-corrected chi connectivity index (χ2v) is 5.41. The van der Waals surface area contributed by atoms with Gasteiger partial charge in [-0.15, -0.1) is 11.3 Å². The normalized spacial score (nSPS) is 10.8. The number of nitrogens with two attached hydrogens (primary N) is 1. The molecule has 0 aliphatic carbocycles. The monoisotopic (exact) mass is 353 g/mol. The van der Waals surface area contributed by atoms with Gasteiger partial charge in [0.25, 0.3) is 0 Å². The van der Waals surface area contributed by atoms with E-state index in [1.165, 1.54) is 13.7 Å². The van der Waals surface area contributed by atoms with Crippen molar-refractivity contribution in [3.8, 4) is 0 Å². The number of benzene rings is 1. The third-order valence-corrected chi connectivity index (χ3v) is 4.44. The van der Waals surface area contributed by atoms with E-state index in [1.807, 2.05) is 6.07 Å². The number of fused-ring (bicyclic) bond motifs is 1. The summed E-state index contributed by atoms with van der Waals surface area (Å²) in [7, 11) is 0. The predicted molar refractivity (Wildman–Crippen MR) is 66.7 cm³/mol. The van der Waals surface area contributed by atoms with Crippen molar-refractivity contribution in [1.29, 1.82) is 0 Å². The summed E-state index contributed by atoms with van der Waals surface area (Å²) in [5.41, 5.74) is 6.70. The molecular weight excluding hydrogens is 349 g/mol. The van der Waals surface area contributed by atoms with Gasteiger partial charge in [0.15, 0.2) is 0 Å². The van der Waals surface area contributed by atoms with Crippen LogP contribution in [0.1, 0.15) is 0 Å². The van der Waals surface area contributed by atoms with Crippen LogP contribution in [-0.4, -0.2) is 0 Å². The van der Waals surface area contributed by atoms with Crippen molar-refractivity contribution in [3.05, 3.63) is 25.6 Å². The molecule has 0 amide bonds. The number of anilines is 1. The Kier molecular flexibility index (Phi) is 2.31. The van der Waals surface area contributed by atoms with Crippen LogP contribution < -0.4 is 5.73 Å². The molecule has 0 radical (unpaired) electrons. The van der Waals surface area contributed by atoms with Crippen molar-refractivity contribution in [3.63, 3.8) is 0 Å².